The van der Waals surface area contributed by atoms with Gasteiger partial charge < -0.3 is 29.5 Å². The van der Waals surface area contributed by atoms with Crippen molar-refractivity contribution in [3.63, 3.8) is 0 Å². The molecule has 0 unspecified atom stereocenters. The number of rotatable bonds is 5. The summed E-state index contributed by atoms with van der Waals surface area (Å²) in [6.45, 7) is 13.9. The van der Waals surface area contributed by atoms with Gasteiger partial charge in [0.25, 0.3) is 0 Å². The van der Waals surface area contributed by atoms with Gasteiger partial charge in [0, 0.05) is 83.9 Å². The minimum Gasteiger partial charge on any atom is -0.344 e. The normalized spacial score (nSPS) is 4.58. The van der Waals surface area contributed by atoms with Crippen LogP contribution in [0, 0.1) is 316 Å². The molecule has 0 bridgehead atoms. The smallest absolute Gasteiger partial charge is 0 e. The molecule has 0 amide bonds. The molecule has 0 saturated heterocycles. The fraction of sp³-hybridized carbons (Fsp3) is 0.164. The predicted molar refractivity (Wildman–Crippen MR) is 368 cm³/mol. The third-order valence-corrected chi connectivity index (χ3v) is 2.79. The van der Waals surface area contributed by atoms with Gasteiger partial charge in [0.05, 0.1) is 0 Å². The van der Waals surface area contributed by atoms with Crippen LogP contribution >= 0.6 is 13.5 Å². The number of nitrogens with one attached hydrogen (secondary N) is 5. The van der Waals surface area contributed by atoms with Crippen LogP contribution in [0.25, 0.3) is 10.4 Å². The first-order valence-corrected chi connectivity index (χ1v) is 22.7. The van der Waals surface area contributed by atoms with Crippen molar-refractivity contribution in [1.82, 2.24) is 6.15 Å². The van der Waals surface area contributed by atoms with Crippen LogP contribution in [-0.4, -0.2) is 0 Å². The average molecular weight is 1370 g/mol. The van der Waals surface area contributed by atoms with Crippen molar-refractivity contribution in [2.24, 2.45) is 96.5 Å². The molecule has 0 atom stereocenters. The fourth-order valence-electron chi connectivity index (χ4n) is 0.978. The van der Waals surface area contributed by atoms with Gasteiger partial charge in [-0.2, -0.15) is 35.6 Å². The number of nitrogens with zero attached hydrogens (tertiary/aromatic N) is 18. The minimum absolute atomic E-state index is 0. The maximum absolute atomic E-state index is 6.86. The van der Waals surface area contributed by atoms with Crippen LogP contribution in [0.4, 0.5) is 0 Å². The summed E-state index contributed by atoms with van der Waals surface area (Å²) in [4.78, 5) is 1.75. The van der Waals surface area contributed by atoms with E-state index in [0.717, 1.165) is 8.88 Å². The van der Waals surface area contributed by atoms with E-state index in [2.05, 4.69) is 374 Å². The van der Waals surface area contributed by atoms with E-state index in [1.807, 2.05) is 13.8 Å². The molecule has 0 heterocycles. The summed E-state index contributed by atoms with van der Waals surface area (Å²) in [6.07, 6.45) is 45.9. The summed E-state index contributed by atoms with van der Waals surface area (Å²) < 4.78 is 0. The Balaban J connectivity index is -0.0000000300. The molecule has 16 N–H and O–H groups in total. The van der Waals surface area contributed by atoms with E-state index in [1.54, 1.807) is 46.5 Å². The van der Waals surface area contributed by atoms with E-state index in [9.17, 15) is 0 Å². The molecule has 0 aliphatic rings. The van der Waals surface area contributed by atoms with Crippen molar-refractivity contribution < 1.29 is 19.5 Å². The molecule has 0 aromatic heterocycles. The molecule has 0 fully saturated rings. The van der Waals surface area contributed by atoms with Crippen LogP contribution in [0.2, 0.25) is 0 Å². The van der Waals surface area contributed by atoms with Crippen molar-refractivity contribution in [1.29, 1.82) is 38.4 Å². The molecule has 454 valence electrons. The molecule has 0 aromatic rings. The van der Waals surface area contributed by atoms with Crippen LogP contribution in [0.1, 0.15) is 62.8 Å². The third-order valence-electron chi connectivity index (χ3n) is 2.79. The molecule has 0 radical (unpaired) electrons. The van der Waals surface area contributed by atoms with E-state index in [0.29, 0.717) is 0 Å². The molecule has 28 nitrogen and oxygen atoms in total. The Hall–Kier alpha value is -13.8. The van der Waals surface area contributed by atoms with Crippen LogP contribution in [0.15, 0.2) is 73.1 Å². The summed E-state index contributed by atoms with van der Waals surface area (Å²) in [5, 5.41) is 48.7. The first kappa shape index (κ1) is 141. The van der Waals surface area contributed by atoms with Gasteiger partial charge in [-0.25, -0.2) is 0 Å². The summed E-state index contributed by atoms with van der Waals surface area (Å²) in [7, 11) is 0.917. The van der Waals surface area contributed by atoms with Crippen LogP contribution in [0.5, 0.6) is 0 Å². The maximum Gasteiger partial charge on any atom is 0 e. The molecule has 0 saturated carbocycles. The van der Waals surface area contributed by atoms with Crippen molar-refractivity contribution in [2.75, 3.05) is 0 Å². The van der Waals surface area contributed by atoms with Gasteiger partial charge in [0.15, 0.2) is 0 Å². The molecule has 35 heteroatoms. The Bertz CT molecular complexity index is 3280. The minimum atomic E-state index is 0. The molecule has 0 rings (SSSR count). The molecular formula is C55H56N28S6Zn. The maximum atomic E-state index is 6.86. The summed E-state index contributed by atoms with van der Waals surface area (Å²) in [6, 6.07) is 0. The van der Waals surface area contributed by atoms with Crippen LogP contribution < -0.4 is 29.5 Å². The van der Waals surface area contributed by atoms with E-state index in [4.69, 9.17) is 88.9 Å². The van der Waals surface area contributed by atoms with Crippen molar-refractivity contribution in [3.05, 3.63) is 10.4 Å². The number of nitrogens with two attached hydrogens (primary N) is 4. The summed E-state index contributed by atoms with van der Waals surface area (Å²) in [5.41, 5.74) is 36.0. The van der Waals surface area contributed by atoms with Crippen LogP contribution in [0.3, 0.4) is 0 Å². The molecular weight excluding hydrogens is 1310 g/mol. The van der Waals surface area contributed by atoms with Gasteiger partial charge in [-0.15, -0.1) is 87.5 Å². The zero-order chi connectivity index (χ0) is 70.8. The first-order chi connectivity index (χ1) is 41.8. The topological polar surface area (TPSA) is 515 Å². The Morgan fingerprint density at radius 2 is 0.533 bits per heavy atom. The Labute approximate surface area is 574 Å². The molecule has 90 heavy (non-hydrogen) atoms. The van der Waals surface area contributed by atoms with E-state index >= 15 is 0 Å². The Kier molecular flexibility index (Phi) is 446. The van der Waals surface area contributed by atoms with Crippen molar-refractivity contribution in [2.45, 2.75) is 62.8 Å². The number of terminal acetylenes is 9. The molecule has 0 spiro atoms. The Morgan fingerprint density at radius 1 is 0.378 bits per heavy atom. The third kappa shape index (κ3) is 678. The van der Waals surface area contributed by atoms with Gasteiger partial charge >= 0.3 is 0 Å². The fourth-order valence-corrected chi connectivity index (χ4v) is 0.978. The monoisotopic (exact) mass is 1360 g/mol. The van der Waals surface area contributed by atoms with Gasteiger partial charge in [0.2, 0.25) is 0 Å². The summed E-state index contributed by atoms with van der Waals surface area (Å²) >= 11 is 15.6. The average Bonchev–Trinajstić information content (AvgIpc) is 3.54. The van der Waals surface area contributed by atoms with E-state index < -0.39 is 0 Å². The second kappa shape index (κ2) is 284. The SMILES string of the molecule is C.C#C.C#CC.C#CC#CC.C#CC#CC#C.C#CC#CC#CC.C#CC#CC#CC#CC.C#CC#CC#CC#CC#C.CC#CC.CC#CC#CC#CC.N.N#N.N/N=N/N.N=N/N=N/N.N=N/N=N/N=N.N=N/N=N/N=N/N.S.S=S.S=S=S.[N-]=[N+]=N.[Zn]. The van der Waals surface area contributed by atoms with Gasteiger partial charge in [-0.1, -0.05) is 57.9 Å². The van der Waals surface area contributed by atoms with Crippen molar-refractivity contribution >= 4 is 67.1 Å². The first-order valence-electron chi connectivity index (χ1n) is 18.7. The van der Waals surface area contributed by atoms with E-state index in [-0.39, 0.29) is 46.6 Å². The zero-order valence-corrected chi connectivity index (χ0v) is 56.6. The predicted octanol–water partition coefficient (Wildman–Crippen LogP) is 8.62. The molecule has 0 aliphatic heterocycles. The summed E-state index contributed by atoms with van der Waals surface area (Å²) in [5.74, 6) is 104. The quantitative estimate of drug-likeness (QED) is 0.0181. The molecule has 0 aromatic carbocycles. The number of hydrogen-bond donors (Lipinski definition) is 10. The van der Waals surface area contributed by atoms with Gasteiger partial charge in [-0.05, 0) is 284 Å². The number of hydrogen-bond acceptors (Lipinski definition) is 16. The standard InChI is InChI=1S/C10H2.C9H4.C8H6.C7H4.C6H2.C5H4.C4H6.C3H4.C2H2.CH4.H3N7.H2N6.H3N5.H4N4.HN3.N2.H3N.S3.S2.H2S.Zn/c1-3-5-7-9-10-8-6-4-2;1-3-5-7-9-8-6-4-2;1-3-5-7-8-6-4-2;1-3-5-7-6-4-2;1-3-5-6-4-2;1-3-5-4-2;1-3-4-2;1-3-2;1-2;;1-3-5-7-6-4-2;1-3-5-6-4-2;1-3-5-4-2;1-3-4-2;1-3-2;1-2;;1-3-2;1-2;;/h1-2H;1H,2H3;1-2H3;1H,2H3;1-2H;1H,2H3;1-2H3;1H,2H3;1-2H;1H4;(H3,1,2,5,6);1-2H;(H3,1,2,5);(H2,1,4)(H2,2,3);1H;;1H3;;;1H2;/b;;;;;;;;;;;3-1?,4-2?,6-5+;;;;;;;;;. The second-order valence-corrected chi connectivity index (χ2v) is 9.01. The van der Waals surface area contributed by atoms with Crippen molar-refractivity contribution in [3.8, 4) is 277 Å². The van der Waals surface area contributed by atoms with Gasteiger partial charge in [0.1, 0.15) is 0 Å². The molecule has 0 aliphatic carbocycles. The van der Waals surface area contributed by atoms with Gasteiger partial charge in [-0.3, -0.25) is 0 Å². The van der Waals surface area contributed by atoms with Crippen LogP contribution in [-0.2, 0) is 73.1 Å². The largest absolute Gasteiger partial charge is 0.344 e. The van der Waals surface area contributed by atoms with E-state index in [1.165, 1.54) is 0 Å². The Morgan fingerprint density at radius 3 is 0.656 bits per heavy atom. The zero-order valence-electron chi connectivity index (χ0n) is 48.6. The second-order valence-electron chi connectivity index (χ2n) is 7.24.